The summed E-state index contributed by atoms with van der Waals surface area (Å²) in [5.41, 5.74) is 0.160. The first-order valence-electron chi connectivity index (χ1n) is 5.89. The summed E-state index contributed by atoms with van der Waals surface area (Å²) in [6, 6.07) is 5.18. The molecule has 2 rings (SSSR count). The first-order valence-corrected chi connectivity index (χ1v) is 6.71. The van der Waals surface area contributed by atoms with E-state index in [-0.39, 0.29) is 5.69 Å². The molecular formula is C13H10F3NO3S. The second kappa shape index (κ2) is 5.72. The molecule has 0 aliphatic heterocycles. The molecule has 1 N–H and O–H groups in total. The van der Waals surface area contributed by atoms with E-state index in [1.165, 1.54) is 12.1 Å². The van der Waals surface area contributed by atoms with Gasteiger partial charge in [-0.2, -0.15) is 0 Å². The quantitative estimate of drug-likeness (QED) is 0.927. The molecule has 21 heavy (non-hydrogen) atoms. The topological polar surface area (TPSA) is 59.4 Å². The maximum absolute atomic E-state index is 12.2. The van der Waals surface area contributed by atoms with E-state index in [0.717, 1.165) is 23.5 Å². The van der Waals surface area contributed by atoms with Crippen LogP contribution in [0.5, 0.6) is 5.75 Å². The van der Waals surface area contributed by atoms with E-state index in [0.29, 0.717) is 21.9 Å². The molecule has 1 aromatic heterocycles. The molecule has 0 aliphatic rings. The number of benzene rings is 1. The fourth-order valence-electron chi connectivity index (χ4n) is 1.69. The number of hydrogen-bond donors (Lipinski definition) is 1. The van der Waals surface area contributed by atoms with Gasteiger partial charge in [0.05, 0.1) is 9.88 Å². The maximum Gasteiger partial charge on any atom is 0.573 e. The van der Waals surface area contributed by atoms with Crippen LogP contribution in [-0.4, -0.2) is 22.4 Å². The van der Waals surface area contributed by atoms with E-state index >= 15 is 0 Å². The lowest BCUT2D eigenvalue weighted by Gasteiger charge is -2.09. The average molecular weight is 317 g/mol. The largest absolute Gasteiger partial charge is 0.573 e. The Hall–Kier alpha value is -2.09. The highest BCUT2D eigenvalue weighted by Gasteiger charge is 2.31. The second-order valence-corrected chi connectivity index (χ2v) is 5.10. The zero-order valence-corrected chi connectivity index (χ0v) is 11.6. The number of ether oxygens (including phenoxy) is 1. The minimum absolute atomic E-state index is 0.166. The van der Waals surface area contributed by atoms with Crippen molar-refractivity contribution >= 4 is 17.3 Å². The van der Waals surface area contributed by atoms with Crippen molar-refractivity contribution in [2.24, 2.45) is 0 Å². The van der Waals surface area contributed by atoms with Crippen molar-refractivity contribution in [1.82, 2.24) is 4.98 Å². The van der Waals surface area contributed by atoms with Crippen molar-refractivity contribution in [3.8, 4) is 16.2 Å². The number of carbonyl (C=O) groups is 1. The van der Waals surface area contributed by atoms with Crippen molar-refractivity contribution in [2.75, 3.05) is 0 Å². The summed E-state index contributed by atoms with van der Waals surface area (Å²) < 4.78 is 40.5. The Kier molecular flexibility index (Phi) is 4.17. The molecule has 0 atom stereocenters. The standard InChI is InChI=1S/C13H10F3NO3S/c1-2-9-17-10(12(18)19)11(21-9)7-4-3-5-8(6-7)20-13(14,15)16/h3-6H,2H2,1H3,(H,18,19). The smallest absolute Gasteiger partial charge is 0.476 e. The Balaban J connectivity index is 2.45. The summed E-state index contributed by atoms with van der Waals surface area (Å²) in [7, 11) is 0. The van der Waals surface area contributed by atoms with E-state index in [1.807, 2.05) is 6.92 Å². The predicted molar refractivity (Wildman–Crippen MR) is 70.6 cm³/mol. The summed E-state index contributed by atoms with van der Waals surface area (Å²) in [6.45, 7) is 1.82. The van der Waals surface area contributed by atoms with Crippen molar-refractivity contribution in [3.63, 3.8) is 0 Å². The van der Waals surface area contributed by atoms with Crippen LogP contribution in [0.3, 0.4) is 0 Å². The lowest BCUT2D eigenvalue weighted by atomic mass is 10.1. The number of aryl methyl sites for hydroxylation is 1. The highest BCUT2D eigenvalue weighted by Crippen LogP contribution is 2.34. The fourth-order valence-corrected chi connectivity index (χ4v) is 2.68. The third kappa shape index (κ3) is 3.72. The Morgan fingerprint density at radius 2 is 2.14 bits per heavy atom. The van der Waals surface area contributed by atoms with Crippen LogP contribution < -0.4 is 4.74 Å². The summed E-state index contributed by atoms with van der Waals surface area (Å²) in [4.78, 5) is 15.4. The van der Waals surface area contributed by atoms with Crippen LogP contribution in [0.25, 0.3) is 10.4 Å². The normalized spacial score (nSPS) is 11.4. The van der Waals surface area contributed by atoms with Gasteiger partial charge in [-0.3, -0.25) is 0 Å². The first kappa shape index (κ1) is 15.3. The molecule has 0 radical (unpaired) electrons. The zero-order chi connectivity index (χ0) is 15.6. The average Bonchev–Trinajstić information content (AvgIpc) is 2.81. The Morgan fingerprint density at radius 1 is 1.43 bits per heavy atom. The molecule has 0 spiro atoms. The van der Waals surface area contributed by atoms with E-state index in [1.54, 1.807) is 0 Å². The molecule has 0 amide bonds. The molecule has 112 valence electrons. The molecule has 8 heteroatoms. The highest BCUT2D eigenvalue weighted by atomic mass is 32.1. The number of aromatic carboxylic acids is 1. The van der Waals surface area contributed by atoms with Gasteiger partial charge in [-0.1, -0.05) is 19.1 Å². The van der Waals surface area contributed by atoms with Gasteiger partial charge in [0.1, 0.15) is 5.75 Å². The van der Waals surface area contributed by atoms with Crippen LogP contribution in [0.15, 0.2) is 24.3 Å². The molecule has 0 saturated carbocycles. The molecule has 0 fully saturated rings. The Labute approximate surface area is 121 Å². The minimum atomic E-state index is -4.80. The molecule has 2 aromatic rings. The van der Waals surface area contributed by atoms with Gasteiger partial charge in [0.2, 0.25) is 0 Å². The van der Waals surface area contributed by atoms with Crippen molar-refractivity contribution < 1.29 is 27.8 Å². The van der Waals surface area contributed by atoms with Gasteiger partial charge in [-0.15, -0.1) is 24.5 Å². The van der Waals surface area contributed by atoms with Crippen molar-refractivity contribution in [2.45, 2.75) is 19.7 Å². The number of rotatable bonds is 4. The van der Waals surface area contributed by atoms with E-state index in [2.05, 4.69) is 9.72 Å². The fraction of sp³-hybridized carbons (Fsp3) is 0.231. The van der Waals surface area contributed by atoms with Crippen LogP contribution in [0, 0.1) is 0 Å². The number of nitrogens with zero attached hydrogens (tertiary/aromatic N) is 1. The number of aromatic nitrogens is 1. The molecular weight excluding hydrogens is 307 g/mol. The van der Waals surface area contributed by atoms with E-state index < -0.39 is 18.1 Å². The van der Waals surface area contributed by atoms with Gasteiger partial charge >= 0.3 is 12.3 Å². The van der Waals surface area contributed by atoms with Crippen LogP contribution >= 0.6 is 11.3 Å². The Morgan fingerprint density at radius 3 is 2.71 bits per heavy atom. The molecule has 4 nitrogen and oxygen atoms in total. The summed E-state index contributed by atoms with van der Waals surface area (Å²) in [6.07, 6.45) is -4.25. The summed E-state index contributed by atoms with van der Waals surface area (Å²) in [5, 5.41) is 9.73. The van der Waals surface area contributed by atoms with Gasteiger partial charge < -0.3 is 9.84 Å². The van der Waals surface area contributed by atoms with Gasteiger partial charge in [-0.05, 0) is 24.1 Å². The first-order chi connectivity index (χ1) is 9.80. The van der Waals surface area contributed by atoms with Gasteiger partial charge in [0.15, 0.2) is 5.69 Å². The number of thiazole rings is 1. The maximum atomic E-state index is 12.2. The van der Waals surface area contributed by atoms with Crippen LogP contribution in [0.4, 0.5) is 13.2 Å². The molecule has 1 aromatic carbocycles. The van der Waals surface area contributed by atoms with Crippen LogP contribution in [0.1, 0.15) is 22.4 Å². The van der Waals surface area contributed by atoms with Gasteiger partial charge in [0.25, 0.3) is 0 Å². The molecule has 0 unspecified atom stereocenters. The number of halogens is 3. The van der Waals surface area contributed by atoms with Crippen molar-refractivity contribution in [3.05, 3.63) is 35.0 Å². The lowest BCUT2D eigenvalue weighted by Crippen LogP contribution is -2.17. The number of alkyl halides is 3. The number of carboxylic acid groups (broad SMARTS) is 1. The third-order valence-electron chi connectivity index (χ3n) is 2.51. The Bertz CT molecular complexity index is 667. The highest BCUT2D eigenvalue weighted by molar-refractivity contribution is 7.15. The summed E-state index contributed by atoms with van der Waals surface area (Å²) >= 11 is 1.14. The number of hydrogen-bond acceptors (Lipinski definition) is 4. The second-order valence-electron chi connectivity index (χ2n) is 4.02. The van der Waals surface area contributed by atoms with Crippen LogP contribution in [-0.2, 0) is 6.42 Å². The molecule has 0 aliphatic carbocycles. The molecule has 0 saturated heterocycles. The van der Waals surface area contributed by atoms with Crippen LogP contribution in [0.2, 0.25) is 0 Å². The minimum Gasteiger partial charge on any atom is -0.476 e. The lowest BCUT2D eigenvalue weighted by molar-refractivity contribution is -0.274. The molecule has 1 heterocycles. The van der Waals surface area contributed by atoms with E-state index in [9.17, 15) is 18.0 Å². The third-order valence-corrected chi connectivity index (χ3v) is 3.76. The zero-order valence-electron chi connectivity index (χ0n) is 10.8. The van der Waals surface area contributed by atoms with Gasteiger partial charge in [0, 0.05) is 0 Å². The SMILES string of the molecule is CCc1nc(C(=O)O)c(-c2cccc(OC(F)(F)F)c2)s1. The number of carboxylic acids is 1. The monoisotopic (exact) mass is 317 g/mol. The van der Waals surface area contributed by atoms with Crippen molar-refractivity contribution in [1.29, 1.82) is 0 Å². The van der Waals surface area contributed by atoms with Gasteiger partial charge in [-0.25, -0.2) is 9.78 Å². The summed E-state index contributed by atoms with van der Waals surface area (Å²) in [5.74, 6) is -1.62. The molecule has 0 bridgehead atoms. The predicted octanol–water partition coefficient (Wildman–Crippen LogP) is 3.97. The van der Waals surface area contributed by atoms with E-state index in [4.69, 9.17) is 5.11 Å².